The smallest absolute Gasteiger partial charge is 0.277 e. The first-order chi connectivity index (χ1) is 13.7. The van der Waals surface area contributed by atoms with Crippen LogP contribution in [0.2, 0.25) is 5.02 Å². The summed E-state index contributed by atoms with van der Waals surface area (Å²) in [7, 11) is 0. The van der Waals surface area contributed by atoms with Crippen molar-refractivity contribution in [1.82, 2.24) is 5.43 Å². The van der Waals surface area contributed by atoms with Crippen molar-refractivity contribution in [3.63, 3.8) is 0 Å². The Balaban J connectivity index is 1.41. The van der Waals surface area contributed by atoms with Gasteiger partial charge in [0, 0.05) is 5.02 Å². The zero-order valence-corrected chi connectivity index (χ0v) is 15.8. The van der Waals surface area contributed by atoms with Gasteiger partial charge in [0.05, 0.1) is 6.21 Å². The Hall–Kier alpha value is -3.31. The summed E-state index contributed by atoms with van der Waals surface area (Å²) in [4.78, 5) is 11.7. The number of carbonyl (C=O) groups is 1. The van der Waals surface area contributed by atoms with Gasteiger partial charge in [0.15, 0.2) is 6.61 Å². The van der Waals surface area contributed by atoms with Crippen molar-refractivity contribution < 1.29 is 14.3 Å². The topological polar surface area (TPSA) is 59.9 Å². The van der Waals surface area contributed by atoms with Crippen molar-refractivity contribution in [3.05, 3.63) is 95.0 Å². The average Bonchev–Trinajstić information content (AvgIpc) is 2.73. The molecule has 1 amide bonds. The van der Waals surface area contributed by atoms with E-state index in [1.54, 1.807) is 18.3 Å². The highest BCUT2D eigenvalue weighted by atomic mass is 35.5. The summed E-state index contributed by atoms with van der Waals surface area (Å²) in [5.74, 6) is 1.05. The predicted octanol–water partition coefficient (Wildman–Crippen LogP) is 4.45. The lowest BCUT2D eigenvalue weighted by Gasteiger charge is -2.06. The van der Waals surface area contributed by atoms with Crippen LogP contribution in [0.1, 0.15) is 11.1 Å². The molecule has 0 aliphatic heterocycles. The van der Waals surface area contributed by atoms with Crippen molar-refractivity contribution in [2.24, 2.45) is 5.10 Å². The van der Waals surface area contributed by atoms with E-state index in [2.05, 4.69) is 10.5 Å². The number of halogens is 1. The van der Waals surface area contributed by atoms with E-state index < -0.39 is 0 Å². The molecule has 0 unspecified atom stereocenters. The molecule has 5 nitrogen and oxygen atoms in total. The maximum atomic E-state index is 11.7. The van der Waals surface area contributed by atoms with Crippen molar-refractivity contribution >= 4 is 23.7 Å². The van der Waals surface area contributed by atoms with Gasteiger partial charge in [0.1, 0.15) is 18.1 Å². The van der Waals surface area contributed by atoms with Crippen molar-refractivity contribution in [1.29, 1.82) is 0 Å². The van der Waals surface area contributed by atoms with Crippen LogP contribution in [0.3, 0.4) is 0 Å². The number of rotatable bonds is 8. The van der Waals surface area contributed by atoms with E-state index in [4.69, 9.17) is 21.1 Å². The van der Waals surface area contributed by atoms with Gasteiger partial charge >= 0.3 is 0 Å². The van der Waals surface area contributed by atoms with E-state index in [1.807, 2.05) is 66.7 Å². The normalized spacial score (nSPS) is 10.6. The summed E-state index contributed by atoms with van der Waals surface area (Å²) < 4.78 is 11.1. The molecule has 0 radical (unpaired) electrons. The highest BCUT2D eigenvalue weighted by Gasteiger charge is 2.01. The Bertz CT molecular complexity index is 911. The molecule has 142 valence electrons. The molecule has 0 atom stereocenters. The summed E-state index contributed by atoms with van der Waals surface area (Å²) >= 11 is 5.87. The number of hydrazone groups is 1. The van der Waals surface area contributed by atoms with E-state index in [9.17, 15) is 4.79 Å². The van der Waals surface area contributed by atoms with Crippen LogP contribution >= 0.6 is 11.6 Å². The Morgan fingerprint density at radius 2 is 1.57 bits per heavy atom. The van der Waals surface area contributed by atoms with Crippen LogP contribution in [0.25, 0.3) is 0 Å². The van der Waals surface area contributed by atoms with Gasteiger partial charge in [-0.1, -0.05) is 41.9 Å². The number of hydrogen-bond donors (Lipinski definition) is 1. The van der Waals surface area contributed by atoms with Gasteiger partial charge in [-0.05, 0) is 59.7 Å². The molecule has 3 rings (SSSR count). The van der Waals surface area contributed by atoms with Crippen LogP contribution in [-0.2, 0) is 11.4 Å². The third kappa shape index (κ3) is 6.45. The molecule has 0 aliphatic rings. The Labute approximate surface area is 168 Å². The molecule has 0 heterocycles. The Kier molecular flexibility index (Phi) is 7.04. The first-order valence-corrected chi connectivity index (χ1v) is 9.04. The fourth-order valence-electron chi connectivity index (χ4n) is 2.27. The van der Waals surface area contributed by atoms with Crippen LogP contribution in [0.5, 0.6) is 11.5 Å². The Morgan fingerprint density at radius 3 is 2.29 bits per heavy atom. The van der Waals surface area contributed by atoms with Crippen LogP contribution in [0, 0.1) is 0 Å². The van der Waals surface area contributed by atoms with E-state index in [-0.39, 0.29) is 12.5 Å². The molecule has 0 aliphatic carbocycles. The summed E-state index contributed by atoms with van der Waals surface area (Å²) in [5, 5.41) is 4.63. The van der Waals surface area contributed by atoms with Gasteiger partial charge in [0.2, 0.25) is 0 Å². The van der Waals surface area contributed by atoms with Crippen LogP contribution in [0.4, 0.5) is 0 Å². The summed E-state index contributed by atoms with van der Waals surface area (Å²) in [6, 6.07) is 24.0. The first-order valence-electron chi connectivity index (χ1n) is 8.66. The van der Waals surface area contributed by atoms with Crippen LogP contribution in [-0.4, -0.2) is 18.7 Å². The molecular weight excluding hydrogens is 376 g/mol. The molecule has 0 fully saturated rings. The molecule has 0 saturated heterocycles. The molecular formula is C22H19ClN2O3. The molecule has 1 N–H and O–H groups in total. The van der Waals surface area contributed by atoms with Gasteiger partial charge < -0.3 is 9.47 Å². The zero-order chi connectivity index (χ0) is 19.6. The number of benzene rings is 3. The third-order valence-corrected chi connectivity index (χ3v) is 3.97. The molecule has 3 aromatic rings. The van der Waals surface area contributed by atoms with Gasteiger partial charge in [-0.3, -0.25) is 4.79 Å². The third-order valence-electron chi connectivity index (χ3n) is 3.71. The minimum absolute atomic E-state index is 0.0984. The fourth-order valence-corrected chi connectivity index (χ4v) is 2.40. The van der Waals surface area contributed by atoms with Crippen LogP contribution < -0.4 is 14.9 Å². The number of nitrogens with one attached hydrogen (secondary N) is 1. The zero-order valence-electron chi connectivity index (χ0n) is 15.0. The SMILES string of the molecule is O=C(COc1ccccc1)N/N=C\c1ccc(OCc2ccc(Cl)cc2)cc1. The average molecular weight is 395 g/mol. The number of hydrogen-bond acceptors (Lipinski definition) is 4. The molecule has 0 bridgehead atoms. The molecule has 28 heavy (non-hydrogen) atoms. The number of ether oxygens (including phenoxy) is 2. The van der Waals surface area contributed by atoms with Gasteiger partial charge in [-0.2, -0.15) is 5.10 Å². The van der Waals surface area contributed by atoms with Crippen LogP contribution in [0.15, 0.2) is 84.0 Å². The number of nitrogens with zero attached hydrogens (tertiary/aromatic N) is 1. The van der Waals surface area contributed by atoms with Gasteiger partial charge in [-0.25, -0.2) is 5.43 Å². The van der Waals surface area contributed by atoms with Gasteiger partial charge in [0.25, 0.3) is 5.91 Å². The largest absolute Gasteiger partial charge is 0.489 e. The second-order valence-corrected chi connectivity index (χ2v) is 6.32. The van der Waals surface area contributed by atoms with Crippen molar-refractivity contribution in [2.75, 3.05) is 6.61 Å². The maximum absolute atomic E-state index is 11.7. The quantitative estimate of drug-likeness (QED) is 0.453. The maximum Gasteiger partial charge on any atom is 0.277 e. The van der Waals surface area contributed by atoms with E-state index in [0.717, 1.165) is 16.9 Å². The second kappa shape index (κ2) is 10.1. The summed E-state index contributed by atoms with van der Waals surface area (Å²) in [6.07, 6.45) is 1.56. The highest BCUT2D eigenvalue weighted by molar-refractivity contribution is 6.30. The first kappa shape index (κ1) is 19.5. The standard InChI is InChI=1S/C22H19ClN2O3/c23-19-10-6-18(7-11-19)15-27-21-12-8-17(9-13-21)14-24-25-22(26)16-28-20-4-2-1-3-5-20/h1-14H,15-16H2,(H,25,26)/b24-14-. The number of carbonyl (C=O) groups excluding carboxylic acids is 1. The lowest BCUT2D eigenvalue weighted by molar-refractivity contribution is -0.123. The molecule has 6 heteroatoms. The fraction of sp³-hybridized carbons (Fsp3) is 0.0909. The van der Waals surface area contributed by atoms with Crippen molar-refractivity contribution in [2.45, 2.75) is 6.61 Å². The van der Waals surface area contributed by atoms with Crippen molar-refractivity contribution in [3.8, 4) is 11.5 Å². The van der Waals surface area contributed by atoms with E-state index in [0.29, 0.717) is 17.4 Å². The van der Waals surface area contributed by atoms with Gasteiger partial charge in [-0.15, -0.1) is 0 Å². The molecule has 0 saturated carbocycles. The van der Waals surface area contributed by atoms with E-state index >= 15 is 0 Å². The number of para-hydroxylation sites is 1. The predicted molar refractivity (Wildman–Crippen MR) is 110 cm³/mol. The lowest BCUT2D eigenvalue weighted by atomic mass is 10.2. The second-order valence-electron chi connectivity index (χ2n) is 5.88. The molecule has 0 spiro atoms. The monoisotopic (exact) mass is 394 g/mol. The summed E-state index contributed by atoms with van der Waals surface area (Å²) in [6.45, 7) is 0.362. The molecule has 0 aromatic heterocycles. The number of amides is 1. The molecule has 3 aromatic carbocycles. The highest BCUT2D eigenvalue weighted by Crippen LogP contribution is 2.15. The lowest BCUT2D eigenvalue weighted by Crippen LogP contribution is -2.24. The Morgan fingerprint density at radius 1 is 0.893 bits per heavy atom. The minimum Gasteiger partial charge on any atom is -0.489 e. The summed E-state index contributed by atoms with van der Waals surface area (Å²) in [5.41, 5.74) is 4.30. The van der Waals surface area contributed by atoms with E-state index in [1.165, 1.54) is 0 Å². The minimum atomic E-state index is -0.331.